The maximum Gasteiger partial charge on any atom is 0.134 e. The summed E-state index contributed by atoms with van der Waals surface area (Å²) in [7, 11) is 0. The zero-order valence-corrected chi connectivity index (χ0v) is 13.9. The number of nitrogens with one attached hydrogen (secondary N) is 1. The molecule has 2 aromatic rings. The summed E-state index contributed by atoms with van der Waals surface area (Å²) in [5, 5.41) is 13.2. The van der Waals surface area contributed by atoms with Gasteiger partial charge in [0.1, 0.15) is 11.5 Å². The third-order valence-corrected chi connectivity index (χ3v) is 3.66. The van der Waals surface area contributed by atoms with Gasteiger partial charge in [0.15, 0.2) is 0 Å². The van der Waals surface area contributed by atoms with Crippen LogP contribution in [0.1, 0.15) is 25.2 Å². The molecule has 0 aliphatic rings. The monoisotopic (exact) mass is 328 g/mol. The van der Waals surface area contributed by atoms with Crippen molar-refractivity contribution in [3.8, 4) is 11.3 Å². The van der Waals surface area contributed by atoms with Gasteiger partial charge in [0.2, 0.25) is 0 Å². The summed E-state index contributed by atoms with van der Waals surface area (Å²) in [6, 6.07) is 9.75. The molecular weight excluding hydrogens is 309 g/mol. The van der Waals surface area contributed by atoms with E-state index in [4.69, 9.17) is 16.0 Å². The highest BCUT2D eigenvalue weighted by Crippen LogP contribution is 2.27. The first-order valence-corrected chi connectivity index (χ1v) is 7.00. The van der Waals surface area contributed by atoms with Gasteiger partial charge in [0.25, 0.3) is 0 Å². The summed E-state index contributed by atoms with van der Waals surface area (Å²) in [4.78, 5) is 0. The zero-order chi connectivity index (χ0) is 14.8. The van der Waals surface area contributed by atoms with E-state index in [9.17, 15) is 5.11 Å². The Morgan fingerprint density at radius 1 is 1.24 bits per heavy atom. The molecule has 2 rings (SSSR count). The van der Waals surface area contributed by atoms with Gasteiger partial charge in [-0.1, -0.05) is 23.7 Å². The standard InChI is InChI=1S/C16H20ClNO2.ClH/c1-11-4-5-12(8-14(11)17)15-7-6-13(20-15)9-18-16(2,3)10-19;/h4-8,18-19H,9-10H2,1-3H3;1H/p-1. The molecule has 1 aromatic carbocycles. The van der Waals surface area contributed by atoms with Gasteiger partial charge in [-0.3, -0.25) is 0 Å². The van der Waals surface area contributed by atoms with Crippen LogP contribution in [0.4, 0.5) is 0 Å². The molecule has 1 heterocycles. The van der Waals surface area contributed by atoms with Gasteiger partial charge in [0.05, 0.1) is 13.2 Å². The molecule has 0 amide bonds. The fraction of sp³-hybridized carbons (Fsp3) is 0.375. The highest BCUT2D eigenvalue weighted by molar-refractivity contribution is 6.31. The SMILES string of the molecule is Cc1ccc(-c2ccc(CNC(C)(C)CO)o2)cc1Cl.[Cl-]. The Balaban J connectivity index is 0.00000220. The fourth-order valence-corrected chi connectivity index (χ4v) is 1.94. The Kier molecular flexibility index (Phi) is 6.29. The minimum Gasteiger partial charge on any atom is -1.00 e. The van der Waals surface area contributed by atoms with Crippen molar-refractivity contribution >= 4 is 11.6 Å². The van der Waals surface area contributed by atoms with E-state index in [1.807, 2.05) is 51.1 Å². The number of hydrogen-bond acceptors (Lipinski definition) is 3. The summed E-state index contributed by atoms with van der Waals surface area (Å²) in [6.45, 7) is 6.51. The van der Waals surface area contributed by atoms with E-state index >= 15 is 0 Å². The summed E-state index contributed by atoms with van der Waals surface area (Å²) in [5.74, 6) is 1.63. The van der Waals surface area contributed by atoms with E-state index in [0.29, 0.717) is 6.54 Å². The Morgan fingerprint density at radius 3 is 2.57 bits per heavy atom. The predicted molar refractivity (Wildman–Crippen MR) is 81.9 cm³/mol. The first-order chi connectivity index (χ1) is 9.41. The van der Waals surface area contributed by atoms with E-state index in [1.165, 1.54) is 0 Å². The summed E-state index contributed by atoms with van der Waals surface area (Å²) in [6.07, 6.45) is 0. The second-order valence-electron chi connectivity index (χ2n) is 5.63. The summed E-state index contributed by atoms with van der Waals surface area (Å²) < 4.78 is 5.80. The number of aliphatic hydroxyl groups is 1. The number of rotatable bonds is 5. The van der Waals surface area contributed by atoms with E-state index in [-0.39, 0.29) is 24.6 Å². The molecule has 0 radical (unpaired) electrons. The normalized spacial score (nSPS) is 11.3. The van der Waals surface area contributed by atoms with Gasteiger partial charge in [-0.2, -0.15) is 0 Å². The second-order valence-corrected chi connectivity index (χ2v) is 6.03. The van der Waals surface area contributed by atoms with Gasteiger partial charge in [-0.25, -0.2) is 0 Å². The molecule has 0 saturated heterocycles. The molecule has 21 heavy (non-hydrogen) atoms. The van der Waals surface area contributed by atoms with Crippen LogP contribution >= 0.6 is 11.6 Å². The smallest absolute Gasteiger partial charge is 0.134 e. The lowest BCUT2D eigenvalue weighted by Gasteiger charge is -2.22. The fourth-order valence-electron chi connectivity index (χ4n) is 1.76. The topological polar surface area (TPSA) is 45.4 Å². The van der Waals surface area contributed by atoms with Gasteiger partial charge in [0, 0.05) is 16.1 Å². The minimum atomic E-state index is -0.319. The molecule has 0 saturated carbocycles. The third kappa shape index (κ3) is 4.75. The van der Waals surface area contributed by atoms with E-state index in [0.717, 1.165) is 27.7 Å². The first-order valence-electron chi connectivity index (χ1n) is 6.62. The predicted octanol–water partition coefficient (Wildman–Crippen LogP) is 0.773. The van der Waals surface area contributed by atoms with Crippen LogP contribution in [0.25, 0.3) is 11.3 Å². The van der Waals surface area contributed by atoms with Crippen molar-refractivity contribution in [1.29, 1.82) is 0 Å². The number of halogens is 2. The molecule has 0 unspecified atom stereocenters. The molecule has 0 aliphatic heterocycles. The van der Waals surface area contributed by atoms with Crippen molar-refractivity contribution in [2.75, 3.05) is 6.61 Å². The lowest BCUT2D eigenvalue weighted by atomic mass is 10.1. The van der Waals surface area contributed by atoms with Crippen molar-refractivity contribution in [2.24, 2.45) is 0 Å². The molecule has 0 aliphatic carbocycles. The van der Waals surface area contributed by atoms with E-state index < -0.39 is 0 Å². The van der Waals surface area contributed by atoms with Gasteiger partial charge >= 0.3 is 0 Å². The average molecular weight is 329 g/mol. The van der Waals surface area contributed by atoms with Crippen LogP contribution in [-0.4, -0.2) is 17.3 Å². The largest absolute Gasteiger partial charge is 1.00 e. The number of hydrogen-bond donors (Lipinski definition) is 2. The molecule has 116 valence electrons. The van der Waals surface area contributed by atoms with Gasteiger partial charge in [-0.05, 0) is 44.5 Å². The average Bonchev–Trinajstić information content (AvgIpc) is 2.89. The maximum atomic E-state index is 9.20. The second kappa shape index (κ2) is 7.32. The van der Waals surface area contributed by atoms with Crippen LogP contribution in [0.3, 0.4) is 0 Å². The van der Waals surface area contributed by atoms with Gasteiger partial charge in [-0.15, -0.1) is 0 Å². The summed E-state index contributed by atoms with van der Waals surface area (Å²) >= 11 is 6.13. The van der Waals surface area contributed by atoms with Crippen molar-refractivity contribution in [1.82, 2.24) is 5.32 Å². The number of aryl methyl sites for hydroxylation is 1. The number of benzene rings is 1. The molecule has 3 nitrogen and oxygen atoms in total. The van der Waals surface area contributed by atoms with Gasteiger partial charge < -0.3 is 27.2 Å². The van der Waals surface area contributed by atoms with Crippen molar-refractivity contribution in [3.63, 3.8) is 0 Å². The Morgan fingerprint density at radius 2 is 1.95 bits per heavy atom. The molecule has 0 atom stereocenters. The molecule has 0 spiro atoms. The van der Waals surface area contributed by atoms with Crippen molar-refractivity contribution in [3.05, 3.63) is 46.7 Å². The van der Waals surface area contributed by atoms with Crippen molar-refractivity contribution in [2.45, 2.75) is 32.9 Å². The maximum absolute atomic E-state index is 9.20. The molecule has 1 aromatic heterocycles. The lowest BCUT2D eigenvalue weighted by Crippen LogP contribution is -3.00. The van der Waals surface area contributed by atoms with E-state index in [1.54, 1.807) is 0 Å². The van der Waals surface area contributed by atoms with Crippen LogP contribution in [0.5, 0.6) is 0 Å². The zero-order valence-electron chi connectivity index (χ0n) is 12.4. The molecule has 0 bridgehead atoms. The Hall–Kier alpha value is -1.00. The summed E-state index contributed by atoms with van der Waals surface area (Å²) in [5.41, 5.74) is 1.70. The molecular formula is C16H20Cl2NO2-. The first kappa shape index (κ1) is 18.1. The lowest BCUT2D eigenvalue weighted by molar-refractivity contribution is -0.00000564. The molecule has 0 fully saturated rings. The number of aliphatic hydroxyl groups excluding tert-OH is 1. The highest BCUT2D eigenvalue weighted by atomic mass is 35.5. The van der Waals surface area contributed by atoms with Crippen LogP contribution < -0.4 is 17.7 Å². The number of furan rings is 1. The van der Waals surface area contributed by atoms with E-state index in [2.05, 4.69) is 5.32 Å². The van der Waals surface area contributed by atoms with Crippen LogP contribution in [-0.2, 0) is 6.54 Å². The Bertz CT molecular complexity index is 594. The van der Waals surface area contributed by atoms with Crippen molar-refractivity contribution < 1.29 is 21.9 Å². The quantitative estimate of drug-likeness (QED) is 0.852. The molecule has 2 N–H and O–H groups in total. The Labute approximate surface area is 136 Å². The van der Waals surface area contributed by atoms with Crippen LogP contribution in [0, 0.1) is 6.92 Å². The molecule has 5 heteroatoms. The van der Waals surface area contributed by atoms with Crippen LogP contribution in [0.2, 0.25) is 5.02 Å². The minimum absolute atomic E-state index is 0. The van der Waals surface area contributed by atoms with Crippen LogP contribution in [0.15, 0.2) is 34.7 Å². The third-order valence-electron chi connectivity index (χ3n) is 3.25. The highest BCUT2D eigenvalue weighted by Gasteiger charge is 2.16.